The number of carbonyl (C=O) groups excluding carboxylic acids is 2. The van der Waals surface area contributed by atoms with Crippen LogP contribution in [0.15, 0.2) is 47.4 Å². The van der Waals surface area contributed by atoms with Gasteiger partial charge in [0.15, 0.2) is 6.61 Å². The van der Waals surface area contributed by atoms with Gasteiger partial charge in [0.05, 0.1) is 23.7 Å². The van der Waals surface area contributed by atoms with E-state index < -0.39 is 27.3 Å². The van der Waals surface area contributed by atoms with Crippen molar-refractivity contribution >= 4 is 27.5 Å². The van der Waals surface area contributed by atoms with Crippen LogP contribution >= 0.6 is 0 Å². The lowest BCUT2D eigenvalue weighted by atomic mass is 10.2. The van der Waals surface area contributed by atoms with E-state index in [9.17, 15) is 22.4 Å². The molecule has 0 unspecified atom stereocenters. The van der Waals surface area contributed by atoms with Gasteiger partial charge in [-0.25, -0.2) is 12.8 Å². The fourth-order valence-corrected chi connectivity index (χ4v) is 4.32. The van der Waals surface area contributed by atoms with Gasteiger partial charge < -0.3 is 19.7 Å². The van der Waals surface area contributed by atoms with E-state index in [4.69, 9.17) is 9.47 Å². The number of halogens is 1. The Bertz CT molecular complexity index is 1080. The number of sulfonamides is 1. The summed E-state index contributed by atoms with van der Waals surface area (Å²) in [6, 6.07) is 9.28. The van der Waals surface area contributed by atoms with Crippen molar-refractivity contribution in [2.45, 2.75) is 4.90 Å². The number of amides is 2. The number of carbonyl (C=O) groups is 2. The smallest absolute Gasteiger partial charge is 0.259 e. The average molecular weight is 466 g/mol. The van der Waals surface area contributed by atoms with E-state index in [2.05, 4.69) is 5.32 Å². The number of rotatable bonds is 7. The van der Waals surface area contributed by atoms with Gasteiger partial charge in [0.1, 0.15) is 11.6 Å². The predicted octanol–water partition coefficient (Wildman–Crippen LogP) is 1.57. The number of nitrogens with zero attached hydrogens (tertiary/aromatic N) is 2. The van der Waals surface area contributed by atoms with Crippen LogP contribution in [0.1, 0.15) is 10.4 Å². The fourth-order valence-electron chi connectivity index (χ4n) is 2.88. The molecule has 32 heavy (non-hydrogen) atoms. The number of morpholine rings is 1. The van der Waals surface area contributed by atoms with Crippen LogP contribution in [0.5, 0.6) is 5.75 Å². The molecular formula is C21H24FN3O6S. The second kappa shape index (κ2) is 10.1. The molecule has 1 heterocycles. The number of hydrogen-bond acceptors (Lipinski definition) is 6. The topological polar surface area (TPSA) is 105 Å². The Labute approximate surface area is 185 Å². The second-order valence-corrected chi connectivity index (χ2v) is 9.15. The van der Waals surface area contributed by atoms with Crippen molar-refractivity contribution in [1.29, 1.82) is 0 Å². The summed E-state index contributed by atoms with van der Waals surface area (Å²) in [4.78, 5) is 25.4. The summed E-state index contributed by atoms with van der Waals surface area (Å²) in [5.74, 6) is -1.42. The lowest BCUT2D eigenvalue weighted by molar-refractivity contribution is -0.130. The van der Waals surface area contributed by atoms with Crippen LogP contribution in [0, 0.1) is 5.82 Å². The highest BCUT2D eigenvalue weighted by molar-refractivity contribution is 7.89. The van der Waals surface area contributed by atoms with E-state index >= 15 is 0 Å². The van der Waals surface area contributed by atoms with E-state index in [0.717, 1.165) is 18.2 Å². The van der Waals surface area contributed by atoms with Gasteiger partial charge in [0, 0.05) is 32.9 Å². The van der Waals surface area contributed by atoms with Crippen LogP contribution in [0.25, 0.3) is 0 Å². The van der Waals surface area contributed by atoms with E-state index in [-0.39, 0.29) is 43.7 Å². The lowest BCUT2D eigenvalue weighted by Crippen LogP contribution is -2.40. The molecule has 0 radical (unpaired) electrons. The van der Waals surface area contributed by atoms with Crippen LogP contribution in [0.4, 0.5) is 10.1 Å². The number of benzene rings is 2. The zero-order valence-corrected chi connectivity index (χ0v) is 18.5. The highest BCUT2D eigenvalue weighted by Gasteiger charge is 2.28. The molecule has 1 fully saturated rings. The Kier molecular flexibility index (Phi) is 7.44. The summed E-state index contributed by atoms with van der Waals surface area (Å²) in [5, 5.41) is 2.53. The molecule has 0 aromatic heterocycles. The normalized spacial score (nSPS) is 14.6. The molecule has 1 N–H and O–H groups in total. The summed E-state index contributed by atoms with van der Waals surface area (Å²) >= 11 is 0. The highest BCUT2D eigenvalue weighted by Crippen LogP contribution is 2.22. The monoisotopic (exact) mass is 465 g/mol. The molecule has 2 aromatic rings. The second-order valence-electron chi connectivity index (χ2n) is 7.21. The van der Waals surface area contributed by atoms with Gasteiger partial charge in [0.25, 0.3) is 11.8 Å². The molecule has 0 bridgehead atoms. The third-order valence-corrected chi connectivity index (χ3v) is 6.66. The van der Waals surface area contributed by atoms with Crippen LogP contribution in [-0.4, -0.2) is 76.4 Å². The molecule has 11 heteroatoms. The van der Waals surface area contributed by atoms with E-state index in [1.54, 1.807) is 26.2 Å². The Morgan fingerprint density at radius 3 is 2.41 bits per heavy atom. The summed E-state index contributed by atoms with van der Waals surface area (Å²) in [5.41, 5.74) is -0.0432. The molecule has 1 aliphatic heterocycles. The zero-order chi connectivity index (χ0) is 23.3. The fraction of sp³-hybridized carbons (Fsp3) is 0.333. The minimum atomic E-state index is -3.87. The molecule has 3 rings (SSSR count). The summed E-state index contributed by atoms with van der Waals surface area (Å²) in [6.07, 6.45) is 0. The van der Waals surface area contributed by atoms with Crippen LogP contribution in [-0.2, 0) is 19.6 Å². The number of likely N-dealkylation sites (N-methyl/N-ethyl adjacent to an activating group) is 1. The summed E-state index contributed by atoms with van der Waals surface area (Å²) < 4.78 is 51.7. The molecule has 2 amide bonds. The first-order valence-electron chi connectivity index (χ1n) is 9.80. The number of nitrogens with one attached hydrogen (secondary N) is 1. The Morgan fingerprint density at radius 2 is 1.78 bits per heavy atom. The van der Waals surface area contributed by atoms with Crippen LogP contribution < -0.4 is 10.1 Å². The van der Waals surface area contributed by atoms with Crippen molar-refractivity contribution in [2.75, 3.05) is 52.3 Å². The van der Waals surface area contributed by atoms with Gasteiger partial charge in [-0.1, -0.05) is 0 Å². The molecule has 1 saturated heterocycles. The number of anilines is 1. The molecule has 0 spiro atoms. The molecule has 0 atom stereocenters. The van der Waals surface area contributed by atoms with Crippen molar-refractivity contribution < 1.29 is 31.9 Å². The molecule has 172 valence electrons. The van der Waals surface area contributed by atoms with Crippen LogP contribution in [0.3, 0.4) is 0 Å². The van der Waals surface area contributed by atoms with Crippen LogP contribution in [0.2, 0.25) is 0 Å². The van der Waals surface area contributed by atoms with Gasteiger partial charge in [0.2, 0.25) is 10.0 Å². The SMILES string of the molecule is CN(C)C(=O)COc1ccc(NC(=O)c2cc(S(=O)(=O)N3CCOCC3)ccc2F)cc1. The molecule has 1 aliphatic rings. The average Bonchev–Trinajstić information content (AvgIpc) is 2.79. The predicted molar refractivity (Wildman–Crippen MR) is 115 cm³/mol. The quantitative estimate of drug-likeness (QED) is 0.666. The number of ether oxygens (including phenoxy) is 2. The minimum Gasteiger partial charge on any atom is -0.484 e. The van der Waals surface area contributed by atoms with E-state index in [1.165, 1.54) is 21.3 Å². The Balaban J connectivity index is 1.71. The third-order valence-electron chi connectivity index (χ3n) is 4.76. The summed E-state index contributed by atoms with van der Waals surface area (Å²) in [6.45, 7) is 0.799. The van der Waals surface area contributed by atoms with Gasteiger partial charge >= 0.3 is 0 Å². The first kappa shape index (κ1) is 23.6. The van der Waals surface area contributed by atoms with E-state index in [1.807, 2.05) is 0 Å². The zero-order valence-electron chi connectivity index (χ0n) is 17.7. The standard InChI is InChI=1S/C21H24FN3O6S/c1-24(2)20(26)14-31-16-5-3-15(4-6-16)23-21(27)18-13-17(7-8-19(18)22)32(28,29)25-9-11-30-12-10-25/h3-8,13H,9-12,14H2,1-2H3,(H,23,27). The molecule has 2 aromatic carbocycles. The molecular weight excluding hydrogens is 441 g/mol. The van der Waals surface area contributed by atoms with Crippen molar-refractivity contribution in [2.24, 2.45) is 0 Å². The first-order valence-corrected chi connectivity index (χ1v) is 11.2. The molecule has 9 nitrogen and oxygen atoms in total. The van der Waals surface area contributed by atoms with Crippen molar-refractivity contribution in [3.05, 3.63) is 53.8 Å². The van der Waals surface area contributed by atoms with Gasteiger partial charge in [-0.2, -0.15) is 4.31 Å². The lowest BCUT2D eigenvalue weighted by Gasteiger charge is -2.26. The summed E-state index contributed by atoms with van der Waals surface area (Å²) in [7, 11) is -0.642. The van der Waals surface area contributed by atoms with Gasteiger partial charge in [-0.05, 0) is 42.5 Å². The maximum atomic E-state index is 14.3. The van der Waals surface area contributed by atoms with Crippen molar-refractivity contribution in [1.82, 2.24) is 9.21 Å². The first-order chi connectivity index (χ1) is 15.2. The van der Waals surface area contributed by atoms with E-state index in [0.29, 0.717) is 11.4 Å². The number of hydrogen-bond donors (Lipinski definition) is 1. The molecule has 0 aliphatic carbocycles. The largest absolute Gasteiger partial charge is 0.484 e. The maximum Gasteiger partial charge on any atom is 0.259 e. The van der Waals surface area contributed by atoms with Gasteiger partial charge in [-0.15, -0.1) is 0 Å². The maximum absolute atomic E-state index is 14.3. The minimum absolute atomic E-state index is 0.131. The Hall–Kier alpha value is -3.02. The van der Waals surface area contributed by atoms with Crippen molar-refractivity contribution in [3.63, 3.8) is 0 Å². The Morgan fingerprint density at radius 1 is 1.12 bits per heavy atom. The van der Waals surface area contributed by atoms with Crippen molar-refractivity contribution in [3.8, 4) is 5.75 Å². The highest BCUT2D eigenvalue weighted by atomic mass is 32.2. The third kappa shape index (κ3) is 5.61. The van der Waals surface area contributed by atoms with Gasteiger partial charge in [-0.3, -0.25) is 9.59 Å². The molecule has 0 saturated carbocycles.